The molecule has 8 nitrogen and oxygen atoms in total. The van der Waals surface area contributed by atoms with Gasteiger partial charge in [-0.05, 0) is 53.6 Å². The third-order valence-electron chi connectivity index (χ3n) is 6.84. The number of hydrogen-bond acceptors (Lipinski definition) is 5. The lowest BCUT2D eigenvalue weighted by molar-refractivity contribution is -0.115. The van der Waals surface area contributed by atoms with Gasteiger partial charge in [0, 0.05) is 40.4 Å². The number of anilines is 1. The largest absolute Gasteiger partial charge is 0.353 e. The zero-order valence-corrected chi connectivity index (χ0v) is 21.3. The molecule has 5 aromatic heterocycles. The molecular formula is C32H23N7O. The summed E-state index contributed by atoms with van der Waals surface area (Å²) in [5.41, 5.74) is 8.66. The SMILES string of the molecule is O=C(Cc1ccccc1)Nc1cncc(-c2ccc3[nH]nc(-c4cc5c(-c6ccccn6)nccc5[nH]4)c3c2)c1. The number of hydrogen-bond donors (Lipinski definition) is 3. The summed E-state index contributed by atoms with van der Waals surface area (Å²) in [5, 5.41) is 12.7. The number of fused-ring (bicyclic) bond motifs is 2. The average Bonchev–Trinajstić information content (AvgIpc) is 3.62. The van der Waals surface area contributed by atoms with Crippen LogP contribution in [-0.2, 0) is 11.2 Å². The Kier molecular flexibility index (Phi) is 5.82. The molecule has 0 aliphatic heterocycles. The minimum atomic E-state index is -0.0869. The fourth-order valence-corrected chi connectivity index (χ4v) is 4.94. The van der Waals surface area contributed by atoms with Crippen LogP contribution in [0.3, 0.4) is 0 Å². The van der Waals surface area contributed by atoms with Gasteiger partial charge < -0.3 is 10.3 Å². The first-order chi connectivity index (χ1) is 19.7. The van der Waals surface area contributed by atoms with Crippen molar-refractivity contribution in [2.75, 3.05) is 5.32 Å². The number of aromatic amines is 2. The van der Waals surface area contributed by atoms with E-state index in [1.165, 1.54) is 0 Å². The second-order valence-electron chi connectivity index (χ2n) is 9.52. The number of carbonyl (C=O) groups is 1. The summed E-state index contributed by atoms with van der Waals surface area (Å²) in [4.78, 5) is 29.6. The molecule has 192 valence electrons. The molecule has 0 bridgehead atoms. The predicted molar refractivity (Wildman–Crippen MR) is 156 cm³/mol. The Morgan fingerprint density at radius 3 is 2.50 bits per heavy atom. The maximum atomic E-state index is 12.6. The van der Waals surface area contributed by atoms with E-state index in [1.54, 1.807) is 24.8 Å². The van der Waals surface area contributed by atoms with Crippen molar-refractivity contribution >= 4 is 33.4 Å². The second-order valence-corrected chi connectivity index (χ2v) is 9.52. The Morgan fingerprint density at radius 2 is 1.62 bits per heavy atom. The number of benzene rings is 2. The minimum Gasteiger partial charge on any atom is -0.353 e. The van der Waals surface area contributed by atoms with Gasteiger partial charge in [0.25, 0.3) is 0 Å². The molecule has 0 fully saturated rings. The smallest absolute Gasteiger partial charge is 0.228 e. The molecule has 1 amide bonds. The normalized spacial score (nSPS) is 11.2. The number of nitrogens with one attached hydrogen (secondary N) is 3. The Morgan fingerprint density at radius 1 is 0.750 bits per heavy atom. The molecule has 0 atom stereocenters. The van der Waals surface area contributed by atoms with E-state index in [2.05, 4.69) is 47.6 Å². The molecule has 0 spiro atoms. The molecular weight excluding hydrogens is 498 g/mol. The highest BCUT2D eigenvalue weighted by molar-refractivity contribution is 6.00. The Balaban J connectivity index is 1.21. The fraction of sp³-hybridized carbons (Fsp3) is 0.0312. The molecule has 0 saturated heterocycles. The highest BCUT2D eigenvalue weighted by atomic mass is 16.1. The van der Waals surface area contributed by atoms with Crippen molar-refractivity contribution in [3.8, 4) is 33.9 Å². The van der Waals surface area contributed by atoms with E-state index in [9.17, 15) is 4.79 Å². The van der Waals surface area contributed by atoms with E-state index >= 15 is 0 Å². The molecule has 7 rings (SSSR count). The second kappa shape index (κ2) is 9.92. The summed E-state index contributed by atoms with van der Waals surface area (Å²) in [6, 6.07) is 27.5. The van der Waals surface area contributed by atoms with Crippen molar-refractivity contribution in [2.45, 2.75) is 6.42 Å². The number of H-pyrrole nitrogens is 2. The van der Waals surface area contributed by atoms with Crippen molar-refractivity contribution in [3.05, 3.63) is 115 Å². The van der Waals surface area contributed by atoms with Gasteiger partial charge in [-0.3, -0.25) is 24.8 Å². The standard InChI is InChI=1S/C32H23N7O/c40-30(14-20-6-2-1-3-7-20)36-23-15-22(18-33-19-23)21-9-10-27-24(16-21)32(39-38-27)29-17-25-26(37-29)11-13-35-31(25)28-8-4-5-12-34-28/h1-13,15-19,37H,14H2,(H,36,40)(H,38,39). The molecule has 0 unspecified atom stereocenters. The van der Waals surface area contributed by atoms with E-state index in [1.807, 2.05) is 72.8 Å². The van der Waals surface area contributed by atoms with Crippen molar-refractivity contribution in [1.29, 1.82) is 0 Å². The summed E-state index contributed by atoms with van der Waals surface area (Å²) in [6.45, 7) is 0. The lowest BCUT2D eigenvalue weighted by atomic mass is 10.0. The van der Waals surface area contributed by atoms with Gasteiger partial charge in [-0.15, -0.1) is 0 Å². The first kappa shape index (κ1) is 23.5. The lowest BCUT2D eigenvalue weighted by Gasteiger charge is -2.08. The highest BCUT2D eigenvalue weighted by Crippen LogP contribution is 2.34. The first-order valence-electron chi connectivity index (χ1n) is 12.9. The lowest BCUT2D eigenvalue weighted by Crippen LogP contribution is -2.14. The van der Waals surface area contributed by atoms with Crippen molar-refractivity contribution < 1.29 is 4.79 Å². The summed E-state index contributed by atoms with van der Waals surface area (Å²) in [6.07, 6.45) is 7.31. The van der Waals surface area contributed by atoms with Crippen molar-refractivity contribution in [1.82, 2.24) is 30.1 Å². The van der Waals surface area contributed by atoms with Gasteiger partial charge in [-0.1, -0.05) is 42.5 Å². The maximum absolute atomic E-state index is 12.6. The third-order valence-corrected chi connectivity index (χ3v) is 6.84. The number of nitrogens with zero attached hydrogens (tertiary/aromatic N) is 4. The van der Waals surface area contributed by atoms with Crippen LogP contribution in [0.4, 0.5) is 5.69 Å². The summed E-state index contributed by atoms with van der Waals surface area (Å²) in [5.74, 6) is -0.0869. The molecule has 8 heteroatoms. The molecule has 40 heavy (non-hydrogen) atoms. The van der Waals surface area contributed by atoms with E-state index in [4.69, 9.17) is 0 Å². The summed E-state index contributed by atoms with van der Waals surface area (Å²) in [7, 11) is 0. The van der Waals surface area contributed by atoms with Gasteiger partial charge in [0.05, 0.1) is 40.9 Å². The van der Waals surface area contributed by atoms with Gasteiger partial charge in [0.1, 0.15) is 5.69 Å². The van der Waals surface area contributed by atoms with E-state index < -0.39 is 0 Å². The van der Waals surface area contributed by atoms with Crippen LogP contribution in [-0.4, -0.2) is 36.0 Å². The van der Waals surface area contributed by atoms with Crippen molar-refractivity contribution in [3.63, 3.8) is 0 Å². The number of aromatic nitrogens is 6. The monoisotopic (exact) mass is 521 g/mol. The van der Waals surface area contributed by atoms with Crippen LogP contribution in [0.2, 0.25) is 0 Å². The third kappa shape index (κ3) is 4.48. The number of pyridine rings is 3. The van der Waals surface area contributed by atoms with Crippen LogP contribution in [0.25, 0.3) is 55.7 Å². The zero-order valence-electron chi connectivity index (χ0n) is 21.3. The average molecular weight is 522 g/mol. The minimum absolute atomic E-state index is 0.0869. The molecule has 0 aliphatic carbocycles. The Bertz CT molecular complexity index is 1980. The molecule has 3 N–H and O–H groups in total. The van der Waals surface area contributed by atoms with Crippen molar-refractivity contribution in [2.24, 2.45) is 0 Å². The van der Waals surface area contributed by atoms with Crippen LogP contribution in [0.15, 0.2) is 110 Å². The number of rotatable bonds is 6. The quantitative estimate of drug-likeness (QED) is 0.234. The number of carbonyl (C=O) groups excluding carboxylic acids is 1. The molecule has 0 saturated carbocycles. The van der Waals surface area contributed by atoms with Crippen LogP contribution in [0, 0.1) is 0 Å². The fourth-order valence-electron chi connectivity index (χ4n) is 4.94. The van der Waals surface area contributed by atoms with Crippen LogP contribution < -0.4 is 5.32 Å². The van der Waals surface area contributed by atoms with Gasteiger partial charge >= 0.3 is 0 Å². The molecule has 2 aromatic carbocycles. The highest BCUT2D eigenvalue weighted by Gasteiger charge is 2.15. The van der Waals surface area contributed by atoms with E-state index in [0.717, 1.165) is 61.3 Å². The predicted octanol–water partition coefficient (Wildman–Crippen LogP) is 6.41. The Labute approximate surface area is 229 Å². The maximum Gasteiger partial charge on any atom is 0.228 e. The summed E-state index contributed by atoms with van der Waals surface area (Å²) < 4.78 is 0. The topological polar surface area (TPSA) is 112 Å². The molecule has 0 radical (unpaired) electrons. The number of amides is 1. The molecule has 0 aliphatic rings. The van der Waals surface area contributed by atoms with Gasteiger partial charge in [0.15, 0.2) is 0 Å². The van der Waals surface area contributed by atoms with Crippen LogP contribution in [0.1, 0.15) is 5.56 Å². The van der Waals surface area contributed by atoms with E-state index in [0.29, 0.717) is 12.1 Å². The summed E-state index contributed by atoms with van der Waals surface area (Å²) >= 11 is 0. The van der Waals surface area contributed by atoms with Crippen LogP contribution in [0.5, 0.6) is 0 Å². The van der Waals surface area contributed by atoms with Gasteiger partial charge in [0.2, 0.25) is 5.91 Å². The first-order valence-corrected chi connectivity index (χ1v) is 12.9. The van der Waals surface area contributed by atoms with Crippen LogP contribution >= 0.6 is 0 Å². The van der Waals surface area contributed by atoms with Gasteiger partial charge in [-0.25, -0.2) is 0 Å². The Hall–Kier alpha value is -5.63. The van der Waals surface area contributed by atoms with Gasteiger partial charge in [-0.2, -0.15) is 5.10 Å². The zero-order chi connectivity index (χ0) is 26.9. The molecule has 5 heterocycles. The van der Waals surface area contributed by atoms with E-state index in [-0.39, 0.29) is 5.91 Å². The molecule has 7 aromatic rings.